The van der Waals surface area contributed by atoms with Crippen molar-refractivity contribution in [2.45, 2.75) is 24.9 Å². The van der Waals surface area contributed by atoms with Crippen molar-refractivity contribution < 1.29 is 34.1 Å². The highest BCUT2D eigenvalue weighted by Gasteiger charge is 2.28. The number of carboxylic acid groups (broad SMARTS) is 2. The number of ether oxygens (including phenoxy) is 1. The summed E-state index contributed by atoms with van der Waals surface area (Å²) in [7, 11) is 1.09. The van der Waals surface area contributed by atoms with Gasteiger partial charge in [-0.15, -0.1) is 0 Å². The summed E-state index contributed by atoms with van der Waals surface area (Å²) in [5.41, 5.74) is 0.681. The molecule has 0 spiro atoms. The van der Waals surface area contributed by atoms with Gasteiger partial charge in [0.05, 0.1) is 13.5 Å². The molecule has 0 bridgehead atoms. The maximum Gasteiger partial charge on any atom is 0.405 e. The molecular weight excluding hydrogens is 320 g/mol. The van der Waals surface area contributed by atoms with Crippen LogP contribution in [0, 0.1) is 0 Å². The molecule has 9 nitrogen and oxygen atoms in total. The van der Waals surface area contributed by atoms with Gasteiger partial charge in [-0.05, 0) is 5.56 Å². The lowest BCUT2D eigenvalue weighted by molar-refractivity contribution is -0.144. The first-order valence-corrected chi connectivity index (χ1v) is 6.97. The van der Waals surface area contributed by atoms with Crippen LogP contribution in [-0.2, 0) is 25.5 Å². The van der Waals surface area contributed by atoms with Crippen molar-refractivity contribution in [3.63, 3.8) is 0 Å². The molecule has 2 amide bonds. The summed E-state index contributed by atoms with van der Waals surface area (Å²) in [5.74, 6) is -3.01. The fraction of sp³-hybridized carbons (Fsp3) is 0.333. The molecule has 0 radical (unpaired) electrons. The molecule has 1 aromatic rings. The zero-order valence-electron chi connectivity index (χ0n) is 12.9. The molecule has 0 aromatic heterocycles. The minimum atomic E-state index is -1.52. The van der Waals surface area contributed by atoms with Gasteiger partial charge in [0.2, 0.25) is 5.91 Å². The van der Waals surface area contributed by atoms with Gasteiger partial charge in [-0.2, -0.15) is 0 Å². The Morgan fingerprint density at radius 3 is 2.17 bits per heavy atom. The molecule has 2 atom stereocenters. The third-order valence-electron chi connectivity index (χ3n) is 3.11. The highest BCUT2D eigenvalue weighted by molar-refractivity contribution is 5.91. The quantitative estimate of drug-likeness (QED) is 0.489. The van der Waals surface area contributed by atoms with E-state index in [0.717, 1.165) is 7.11 Å². The fourth-order valence-corrected chi connectivity index (χ4v) is 1.93. The van der Waals surface area contributed by atoms with Gasteiger partial charge in [0, 0.05) is 6.42 Å². The van der Waals surface area contributed by atoms with Gasteiger partial charge in [-0.3, -0.25) is 9.59 Å². The molecule has 24 heavy (non-hydrogen) atoms. The van der Waals surface area contributed by atoms with Gasteiger partial charge in [0.25, 0.3) is 0 Å². The Morgan fingerprint density at radius 1 is 1.04 bits per heavy atom. The smallest absolute Gasteiger partial charge is 0.405 e. The number of carboxylic acids is 1. The van der Waals surface area contributed by atoms with E-state index in [-0.39, 0.29) is 6.42 Å². The number of esters is 1. The molecule has 0 aliphatic rings. The van der Waals surface area contributed by atoms with E-state index in [1.807, 2.05) is 5.32 Å². The monoisotopic (exact) mass is 338 g/mol. The van der Waals surface area contributed by atoms with Crippen LogP contribution in [0.15, 0.2) is 30.3 Å². The number of rotatable bonds is 8. The number of carbonyl (C=O) groups excluding carboxylic acids is 2. The predicted octanol–water partition coefficient (Wildman–Crippen LogP) is -0.00220. The van der Waals surface area contributed by atoms with Crippen LogP contribution in [-0.4, -0.2) is 53.3 Å². The van der Waals surface area contributed by atoms with Gasteiger partial charge in [0.15, 0.2) is 0 Å². The summed E-state index contributed by atoms with van der Waals surface area (Å²) in [6.07, 6.45) is -2.05. The van der Waals surface area contributed by atoms with E-state index in [1.54, 1.807) is 30.3 Å². The zero-order valence-corrected chi connectivity index (χ0v) is 12.9. The van der Waals surface area contributed by atoms with Crippen molar-refractivity contribution in [2.24, 2.45) is 0 Å². The van der Waals surface area contributed by atoms with Crippen LogP contribution in [0.2, 0.25) is 0 Å². The largest absolute Gasteiger partial charge is 0.480 e. The van der Waals surface area contributed by atoms with E-state index in [4.69, 9.17) is 5.11 Å². The topological polar surface area (TPSA) is 142 Å². The summed E-state index contributed by atoms with van der Waals surface area (Å²) < 4.78 is 4.39. The van der Waals surface area contributed by atoms with Crippen molar-refractivity contribution in [2.75, 3.05) is 7.11 Å². The van der Waals surface area contributed by atoms with Crippen molar-refractivity contribution in [1.29, 1.82) is 0 Å². The Labute approximate surface area is 137 Å². The second-order valence-electron chi connectivity index (χ2n) is 4.87. The molecule has 130 valence electrons. The average molecular weight is 338 g/mol. The molecule has 4 N–H and O–H groups in total. The Morgan fingerprint density at radius 2 is 1.67 bits per heavy atom. The zero-order chi connectivity index (χ0) is 18.1. The second kappa shape index (κ2) is 9.13. The number of amides is 2. The molecule has 0 saturated heterocycles. The lowest BCUT2D eigenvalue weighted by Crippen LogP contribution is -2.52. The van der Waals surface area contributed by atoms with E-state index >= 15 is 0 Å². The Kier molecular flexibility index (Phi) is 7.21. The molecule has 0 saturated carbocycles. The van der Waals surface area contributed by atoms with Gasteiger partial charge in [0.1, 0.15) is 12.1 Å². The van der Waals surface area contributed by atoms with E-state index < -0.39 is 42.4 Å². The molecule has 9 heteroatoms. The molecule has 1 aromatic carbocycles. The van der Waals surface area contributed by atoms with Crippen molar-refractivity contribution in [3.8, 4) is 0 Å². The van der Waals surface area contributed by atoms with Crippen LogP contribution in [0.4, 0.5) is 4.79 Å². The first-order chi connectivity index (χ1) is 11.3. The average Bonchev–Trinajstić information content (AvgIpc) is 2.53. The molecule has 1 rings (SSSR count). The van der Waals surface area contributed by atoms with Crippen LogP contribution >= 0.6 is 0 Å². The molecular formula is C15H18N2O7. The number of nitrogens with one attached hydrogen (secondary N) is 2. The van der Waals surface area contributed by atoms with Crippen LogP contribution in [0.5, 0.6) is 0 Å². The number of benzene rings is 1. The van der Waals surface area contributed by atoms with Crippen molar-refractivity contribution in [3.05, 3.63) is 35.9 Å². The molecule has 0 fully saturated rings. The molecule has 0 heterocycles. The highest BCUT2D eigenvalue weighted by atomic mass is 16.5. The minimum absolute atomic E-state index is 0.0138. The lowest BCUT2D eigenvalue weighted by atomic mass is 10.1. The Hall–Kier alpha value is -3.10. The number of methoxy groups -OCH3 is 1. The van der Waals surface area contributed by atoms with Gasteiger partial charge < -0.3 is 25.6 Å². The maximum absolute atomic E-state index is 12.1. The Balaban J connectivity index is 2.81. The van der Waals surface area contributed by atoms with Gasteiger partial charge >= 0.3 is 18.0 Å². The summed E-state index contributed by atoms with van der Waals surface area (Å²) in [5, 5.41) is 22.1. The molecule has 0 unspecified atom stereocenters. The van der Waals surface area contributed by atoms with Crippen LogP contribution < -0.4 is 10.6 Å². The van der Waals surface area contributed by atoms with Crippen LogP contribution in [0.25, 0.3) is 0 Å². The number of carbonyl (C=O) groups is 4. The molecule has 0 aliphatic carbocycles. The first-order valence-electron chi connectivity index (χ1n) is 6.97. The maximum atomic E-state index is 12.1. The Bertz CT molecular complexity index is 603. The third-order valence-corrected chi connectivity index (χ3v) is 3.11. The van der Waals surface area contributed by atoms with Crippen molar-refractivity contribution in [1.82, 2.24) is 10.6 Å². The minimum Gasteiger partial charge on any atom is -0.480 e. The predicted molar refractivity (Wildman–Crippen MR) is 81.3 cm³/mol. The van der Waals surface area contributed by atoms with Crippen LogP contribution in [0.1, 0.15) is 12.0 Å². The normalized spacial score (nSPS) is 12.5. The molecule has 0 aliphatic heterocycles. The van der Waals surface area contributed by atoms with Crippen molar-refractivity contribution >= 4 is 23.9 Å². The number of hydrogen-bond acceptors (Lipinski definition) is 5. The summed E-state index contributed by atoms with van der Waals surface area (Å²) in [4.78, 5) is 45.4. The van der Waals surface area contributed by atoms with E-state index in [9.17, 15) is 24.3 Å². The summed E-state index contributed by atoms with van der Waals surface area (Å²) in [6, 6.07) is 5.89. The highest BCUT2D eigenvalue weighted by Crippen LogP contribution is 2.05. The second-order valence-corrected chi connectivity index (χ2v) is 4.87. The van der Waals surface area contributed by atoms with E-state index in [0.29, 0.717) is 5.56 Å². The fourth-order valence-electron chi connectivity index (χ4n) is 1.93. The van der Waals surface area contributed by atoms with Gasteiger partial charge in [-0.25, -0.2) is 9.59 Å². The third kappa shape index (κ3) is 6.34. The summed E-state index contributed by atoms with van der Waals surface area (Å²) >= 11 is 0. The number of hydrogen-bond donors (Lipinski definition) is 4. The lowest BCUT2D eigenvalue weighted by Gasteiger charge is -2.19. The van der Waals surface area contributed by atoms with Gasteiger partial charge in [-0.1, -0.05) is 30.3 Å². The summed E-state index contributed by atoms with van der Waals surface area (Å²) in [6.45, 7) is 0. The SMILES string of the molecule is COC(=O)C[C@H](NC(=O)O)C(=O)N[C@@H](Cc1ccccc1)C(=O)O. The number of aliphatic carboxylic acids is 1. The van der Waals surface area contributed by atoms with E-state index in [2.05, 4.69) is 10.1 Å². The van der Waals surface area contributed by atoms with E-state index in [1.165, 1.54) is 0 Å². The van der Waals surface area contributed by atoms with Crippen LogP contribution in [0.3, 0.4) is 0 Å². The first kappa shape index (κ1) is 18.9. The standard InChI is InChI=1S/C15H18N2O7/c1-24-12(18)8-10(17-15(22)23)13(19)16-11(14(20)21)7-9-5-3-2-4-6-9/h2-6,10-11,17H,7-8H2,1H3,(H,16,19)(H,20,21)(H,22,23)/t10-,11-/m0/s1.